The van der Waals surface area contributed by atoms with E-state index < -0.39 is 0 Å². The normalized spacial score (nSPS) is 16.3. The van der Waals surface area contributed by atoms with E-state index >= 15 is 0 Å². The molecule has 2 heterocycles. The first-order chi connectivity index (χ1) is 13.0. The van der Waals surface area contributed by atoms with Crippen LogP contribution < -0.4 is 5.32 Å². The van der Waals surface area contributed by atoms with Crippen molar-refractivity contribution < 1.29 is 4.79 Å². The summed E-state index contributed by atoms with van der Waals surface area (Å²) in [5, 5.41) is 4.14. The van der Waals surface area contributed by atoms with Crippen molar-refractivity contribution in [3.8, 4) is 11.3 Å². The SMILES string of the molecule is Cc1ccc(-c2nc(C)sc2CC(=O)NCC(C)CN2CCCCC2)cc1. The number of hydrogen-bond donors (Lipinski definition) is 1. The molecule has 2 aromatic rings. The fourth-order valence-electron chi connectivity index (χ4n) is 3.67. The molecule has 1 amide bonds. The zero-order valence-electron chi connectivity index (χ0n) is 16.8. The van der Waals surface area contributed by atoms with Crippen molar-refractivity contribution in [2.45, 2.75) is 46.5 Å². The second-order valence-electron chi connectivity index (χ2n) is 7.82. The van der Waals surface area contributed by atoms with Crippen LogP contribution in [0.25, 0.3) is 11.3 Å². The Morgan fingerprint density at radius 2 is 1.89 bits per heavy atom. The number of carbonyl (C=O) groups is 1. The van der Waals surface area contributed by atoms with Gasteiger partial charge in [0.15, 0.2) is 0 Å². The van der Waals surface area contributed by atoms with Gasteiger partial charge in [0.05, 0.1) is 17.1 Å². The van der Waals surface area contributed by atoms with E-state index in [0.29, 0.717) is 12.3 Å². The predicted molar refractivity (Wildman–Crippen MR) is 113 cm³/mol. The Morgan fingerprint density at radius 3 is 2.59 bits per heavy atom. The number of nitrogens with zero attached hydrogens (tertiary/aromatic N) is 2. The fourth-order valence-corrected chi connectivity index (χ4v) is 4.63. The summed E-state index contributed by atoms with van der Waals surface area (Å²) in [5.74, 6) is 0.573. The number of hydrogen-bond acceptors (Lipinski definition) is 4. The van der Waals surface area contributed by atoms with Gasteiger partial charge in [-0.05, 0) is 45.7 Å². The number of nitrogens with one attached hydrogen (secondary N) is 1. The van der Waals surface area contributed by atoms with Gasteiger partial charge in [-0.25, -0.2) is 4.98 Å². The van der Waals surface area contributed by atoms with Crippen molar-refractivity contribution in [3.63, 3.8) is 0 Å². The van der Waals surface area contributed by atoms with Crippen LogP contribution in [-0.2, 0) is 11.2 Å². The minimum Gasteiger partial charge on any atom is -0.355 e. The molecule has 4 nitrogen and oxygen atoms in total. The number of rotatable bonds is 7. The Bertz CT molecular complexity index is 747. The molecule has 146 valence electrons. The number of amides is 1. The van der Waals surface area contributed by atoms with Crippen molar-refractivity contribution in [1.29, 1.82) is 0 Å². The summed E-state index contributed by atoms with van der Waals surface area (Å²) in [7, 11) is 0. The van der Waals surface area contributed by atoms with E-state index in [1.807, 2.05) is 6.92 Å². The Kier molecular flexibility index (Phi) is 7.02. The minimum atomic E-state index is 0.0949. The number of likely N-dealkylation sites (tertiary alicyclic amines) is 1. The first kappa shape index (κ1) is 20.0. The van der Waals surface area contributed by atoms with Crippen LogP contribution in [0.5, 0.6) is 0 Å². The molecule has 1 unspecified atom stereocenters. The molecule has 1 aromatic heterocycles. The van der Waals surface area contributed by atoms with Crippen molar-refractivity contribution in [1.82, 2.24) is 15.2 Å². The summed E-state index contributed by atoms with van der Waals surface area (Å²) in [4.78, 5) is 20.8. The standard InChI is InChI=1S/C22H31N3OS/c1-16-7-9-19(10-8-16)22-20(27-18(3)24-22)13-21(26)23-14-17(2)15-25-11-5-4-6-12-25/h7-10,17H,4-6,11-15H2,1-3H3,(H,23,26). The Morgan fingerprint density at radius 1 is 1.19 bits per heavy atom. The third-order valence-electron chi connectivity index (χ3n) is 5.12. The molecule has 1 aliphatic rings. The highest BCUT2D eigenvalue weighted by molar-refractivity contribution is 7.12. The topological polar surface area (TPSA) is 45.2 Å². The van der Waals surface area contributed by atoms with Crippen LogP contribution in [0.3, 0.4) is 0 Å². The van der Waals surface area contributed by atoms with Gasteiger partial charge in [-0.1, -0.05) is 43.2 Å². The average molecular weight is 386 g/mol. The summed E-state index contributed by atoms with van der Waals surface area (Å²) in [5.41, 5.74) is 3.27. The number of thiazole rings is 1. The van der Waals surface area contributed by atoms with Crippen LogP contribution in [0.2, 0.25) is 0 Å². The first-order valence-electron chi connectivity index (χ1n) is 10.0. The largest absolute Gasteiger partial charge is 0.355 e. The van der Waals surface area contributed by atoms with Crippen LogP contribution in [0.15, 0.2) is 24.3 Å². The maximum absolute atomic E-state index is 12.5. The van der Waals surface area contributed by atoms with Crippen LogP contribution >= 0.6 is 11.3 Å². The van der Waals surface area contributed by atoms with Crippen LogP contribution in [0.4, 0.5) is 0 Å². The highest BCUT2D eigenvalue weighted by Gasteiger charge is 2.17. The predicted octanol–water partition coefficient (Wildman–Crippen LogP) is 4.21. The van der Waals surface area contributed by atoms with Gasteiger partial charge in [-0.2, -0.15) is 0 Å². The maximum Gasteiger partial charge on any atom is 0.225 e. The maximum atomic E-state index is 12.5. The quantitative estimate of drug-likeness (QED) is 0.777. The fraction of sp³-hybridized carbons (Fsp3) is 0.545. The molecule has 5 heteroatoms. The lowest BCUT2D eigenvalue weighted by Crippen LogP contribution is -2.38. The third-order valence-corrected chi connectivity index (χ3v) is 6.09. The molecule has 1 aromatic carbocycles. The Balaban J connectivity index is 1.54. The smallest absolute Gasteiger partial charge is 0.225 e. The van der Waals surface area contributed by atoms with Gasteiger partial charge in [-0.3, -0.25) is 4.79 Å². The summed E-state index contributed by atoms with van der Waals surface area (Å²) >= 11 is 1.62. The summed E-state index contributed by atoms with van der Waals surface area (Å²) in [6, 6.07) is 8.37. The molecular formula is C22H31N3OS. The van der Waals surface area contributed by atoms with Gasteiger partial charge in [-0.15, -0.1) is 11.3 Å². The van der Waals surface area contributed by atoms with Crippen molar-refractivity contribution in [2.75, 3.05) is 26.2 Å². The Hall–Kier alpha value is -1.72. The molecule has 0 aliphatic carbocycles. The molecule has 1 saturated heterocycles. The van der Waals surface area contributed by atoms with E-state index in [4.69, 9.17) is 0 Å². The second kappa shape index (κ2) is 9.47. The lowest BCUT2D eigenvalue weighted by molar-refractivity contribution is -0.120. The molecule has 1 N–H and O–H groups in total. The van der Waals surface area contributed by atoms with Gasteiger partial charge in [0.1, 0.15) is 0 Å². The average Bonchev–Trinajstić information content (AvgIpc) is 3.01. The van der Waals surface area contributed by atoms with Gasteiger partial charge in [0.2, 0.25) is 5.91 Å². The third kappa shape index (κ3) is 5.88. The lowest BCUT2D eigenvalue weighted by Gasteiger charge is -2.29. The van der Waals surface area contributed by atoms with Crippen LogP contribution in [-0.4, -0.2) is 42.0 Å². The van der Waals surface area contributed by atoms with E-state index in [9.17, 15) is 4.79 Å². The van der Waals surface area contributed by atoms with Gasteiger partial charge in [0.25, 0.3) is 0 Å². The molecule has 0 saturated carbocycles. The number of aromatic nitrogens is 1. The monoisotopic (exact) mass is 385 g/mol. The van der Waals surface area contributed by atoms with Crippen molar-refractivity contribution >= 4 is 17.2 Å². The van der Waals surface area contributed by atoms with Crippen LogP contribution in [0, 0.1) is 19.8 Å². The van der Waals surface area contributed by atoms with Gasteiger partial charge >= 0.3 is 0 Å². The molecular weight excluding hydrogens is 354 g/mol. The molecule has 0 bridgehead atoms. The number of piperidine rings is 1. The van der Waals surface area contributed by atoms with E-state index in [0.717, 1.165) is 34.2 Å². The van der Waals surface area contributed by atoms with Gasteiger partial charge < -0.3 is 10.2 Å². The highest BCUT2D eigenvalue weighted by Crippen LogP contribution is 2.28. The summed E-state index contributed by atoms with van der Waals surface area (Å²) in [6.07, 6.45) is 4.39. The molecule has 27 heavy (non-hydrogen) atoms. The molecule has 1 atom stereocenters. The van der Waals surface area contributed by atoms with E-state index in [1.165, 1.54) is 37.9 Å². The molecule has 0 radical (unpaired) electrons. The molecule has 1 fully saturated rings. The number of benzene rings is 1. The summed E-state index contributed by atoms with van der Waals surface area (Å²) in [6.45, 7) is 10.5. The number of aryl methyl sites for hydroxylation is 2. The lowest BCUT2D eigenvalue weighted by atomic mass is 10.1. The zero-order chi connectivity index (χ0) is 19.2. The zero-order valence-corrected chi connectivity index (χ0v) is 17.6. The first-order valence-corrected chi connectivity index (χ1v) is 10.9. The molecule has 3 rings (SSSR count). The molecule has 0 spiro atoms. The Labute approximate surface area is 167 Å². The highest BCUT2D eigenvalue weighted by atomic mass is 32.1. The number of carbonyl (C=O) groups excluding carboxylic acids is 1. The van der Waals surface area contributed by atoms with E-state index in [-0.39, 0.29) is 5.91 Å². The summed E-state index contributed by atoms with van der Waals surface area (Å²) < 4.78 is 0. The van der Waals surface area contributed by atoms with Crippen molar-refractivity contribution in [2.24, 2.45) is 5.92 Å². The second-order valence-corrected chi connectivity index (χ2v) is 9.11. The minimum absolute atomic E-state index is 0.0949. The van der Waals surface area contributed by atoms with E-state index in [1.54, 1.807) is 11.3 Å². The van der Waals surface area contributed by atoms with E-state index in [2.05, 4.69) is 53.3 Å². The van der Waals surface area contributed by atoms with Crippen molar-refractivity contribution in [3.05, 3.63) is 39.7 Å². The van der Waals surface area contributed by atoms with Crippen LogP contribution in [0.1, 0.15) is 41.6 Å². The molecule has 1 aliphatic heterocycles. The van der Waals surface area contributed by atoms with Gasteiger partial charge in [0, 0.05) is 23.5 Å².